The lowest BCUT2D eigenvalue weighted by Crippen LogP contribution is -2.69. The van der Waals surface area contributed by atoms with Crippen molar-refractivity contribution in [2.24, 2.45) is 56.2 Å². The van der Waals surface area contributed by atoms with Crippen LogP contribution >= 0.6 is 0 Å². The molecule has 5 fully saturated rings. The molecule has 0 aliphatic heterocycles. The van der Waals surface area contributed by atoms with Gasteiger partial charge < -0.3 is 4.74 Å². The zero-order chi connectivity index (χ0) is 25.8. The van der Waals surface area contributed by atoms with Gasteiger partial charge in [0.1, 0.15) is 6.10 Å². The highest BCUT2D eigenvalue weighted by Crippen LogP contribution is 2.81. The van der Waals surface area contributed by atoms with Crippen molar-refractivity contribution in [3.05, 3.63) is 12.2 Å². The second kappa shape index (κ2) is 7.63. The first-order valence-corrected chi connectivity index (χ1v) is 14.9. The number of allylic oxidation sites excluding steroid dienone is 1. The van der Waals surface area contributed by atoms with Gasteiger partial charge in [-0.1, -0.05) is 60.6 Å². The molecule has 0 radical (unpaired) electrons. The molecule has 10 atom stereocenters. The Hall–Kier alpha value is -0.790. The number of hydrogen-bond donors (Lipinski definition) is 0. The summed E-state index contributed by atoms with van der Waals surface area (Å²) in [6, 6.07) is 0. The molecule has 35 heavy (non-hydrogen) atoms. The van der Waals surface area contributed by atoms with Crippen LogP contribution in [0.3, 0.4) is 0 Å². The van der Waals surface area contributed by atoms with Gasteiger partial charge in [0.2, 0.25) is 0 Å². The summed E-state index contributed by atoms with van der Waals surface area (Å²) in [5, 5.41) is 0. The van der Waals surface area contributed by atoms with Crippen molar-refractivity contribution in [3.8, 4) is 0 Å². The van der Waals surface area contributed by atoms with Crippen LogP contribution in [0.5, 0.6) is 0 Å². The van der Waals surface area contributed by atoms with Crippen molar-refractivity contribution in [1.82, 2.24) is 0 Å². The number of ether oxygens (including phenoxy) is 1. The van der Waals surface area contributed by atoms with Crippen molar-refractivity contribution in [2.45, 2.75) is 133 Å². The maximum absolute atomic E-state index is 11.9. The molecule has 5 rings (SSSR count). The zero-order valence-corrected chi connectivity index (χ0v) is 24.5. The lowest BCUT2D eigenvalue weighted by molar-refractivity contribution is -0.276. The Morgan fingerprint density at radius 3 is 2.00 bits per heavy atom. The number of carbonyl (C=O) groups is 1. The Morgan fingerprint density at radius 2 is 1.37 bits per heavy atom. The van der Waals surface area contributed by atoms with E-state index in [1.807, 2.05) is 0 Å². The molecule has 198 valence electrons. The quantitative estimate of drug-likeness (QED) is 0.290. The minimum Gasteiger partial charge on any atom is -0.462 e. The molecule has 5 aliphatic carbocycles. The molecule has 0 unspecified atom stereocenters. The summed E-state index contributed by atoms with van der Waals surface area (Å²) < 4.78 is 5.93. The van der Waals surface area contributed by atoms with Gasteiger partial charge in [0, 0.05) is 12.3 Å². The van der Waals surface area contributed by atoms with Gasteiger partial charge in [0.25, 0.3) is 0 Å². The van der Waals surface area contributed by atoms with Crippen molar-refractivity contribution < 1.29 is 9.53 Å². The normalized spacial score (nSPS) is 54.6. The predicted octanol–water partition coefficient (Wildman–Crippen LogP) is 8.99. The lowest BCUT2D eigenvalue weighted by Gasteiger charge is -2.76. The third-order valence-electron chi connectivity index (χ3n) is 14.5. The van der Waals surface area contributed by atoms with E-state index in [1.165, 1.54) is 63.4 Å². The average Bonchev–Trinajstić information content (AvgIpc) is 3.11. The summed E-state index contributed by atoms with van der Waals surface area (Å²) in [6.45, 7) is 26.7. The molecule has 0 spiro atoms. The fraction of sp³-hybridized carbons (Fsp3) is 0.909. The molecule has 5 saturated carbocycles. The van der Waals surface area contributed by atoms with E-state index >= 15 is 0 Å². The van der Waals surface area contributed by atoms with E-state index in [9.17, 15) is 4.79 Å². The van der Waals surface area contributed by atoms with E-state index in [0.29, 0.717) is 38.9 Å². The van der Waals surface area contributed by atoms with Gasteiger partial charge in [-0.25, -0.2) is 0 Å². The largest absolute Gasteiger partial charge is 0.462 e. The number of hydrogen-bond acceptors (Lipinski definition) is 2. The predicted molar refractivity (Wildman–Crippen MR) is 145 cm³/mol. The van der Waals surface area contributed by atoms with E-state index in [-0.39, 0.29) is 17.5 Å². The molecule has 0 aromatic carbocycles. The minimum atomic E-state index is -0.109. The average molecular weight is 483 g/mol. The SMILES string of the molecule is C=C(C)[C@@H]1CC[C@]2(C)CC[C@@]3(C)[C@]4(C)CC[C@H]5C(C)(C)[C@@H](OC(C)=O)CC[C@]5(C)[C@H]4CC[C@]3(C)[C@@H]12. The molecular formula is C33H54O2. The molecule has 0 amide bonds. The van der Waals surface area contributed by atoms with Crippen LogP contribution in [0, 0.1) is 56.2 Å². The fourth-order valence-electron chi connectivity index (χ4n) is 12.5. The Labute approximate surface area is 216 Å². The van der Waals surface area contributed by atoms with Crippen LogP contribution in [-0.2, 0) is 9.53 Å². The molecule has 0 aromatic rings. The molecular weight excluding hydrogens is 428 g/mol. The summed E-state index contributed by atoms with van der Waals surface area (Å²) in [5.41, 5.74) is 3.45. The van der Waals surface area contributed by atoms with E-state index in [4.69, 9.17) is 4.74 Å². The van der Waals surface area contributed by atoms with Gasteiger partial charge >= 0.3 is 5.97 Å². The van der Waals surface area contributed by atoms with Gasteiger partial charge in [-0.3, -0.25) is 4.79 Å². The monoisotopic (exact) mass is 482 g/mol. The molecule has 0 saturated heterocycles. The maximum atomic E-state index is 11.9. The molecule has 0 aromatic heterocycles. The van der Waals surface area contributed by atoms with Gasteiger partial charge in [0.15, 0.2) is 0 Å². The first-order chi connectivity index (χ1) is 16.1. The minimum absolute atomic E-state index is 0.0449. The number of esters is 1. The van der Waals surface area contributed by atoms with Crippen LogP contribution in [0.4, 0.5) is 0 Å². The summed E-state index contributed by atoms with van der Waals surface area (Å²) in [5.74, 6) is 2.77. The Morgan fingerprint density at radius 1 is 0.743 bits per heavy atom. The highest BCUT2D eigenvalue weighted by Gasteiger charge is 2.74. The molecule has 5 aliphatic rings. The van der Waals surface area contributed by atoms with Crippen LogP contribution < -0.4 is 0 Å². The van der Waals surface area contributed by atoms with Crippen LogP contribution in [0.2, 0.25) is 0 Å². The number of fused-ring (bicyclic) bond motifs is 7. The van der Waals surface area contributed by atoms with Crippen LogP contribution in [0.15, 0.2) is 12.2 Å². The van der Waals surface area contributed by atoms with Crippen LogP contribution in [-0.4, -0.2) is 12.1 Å². The Kier molecular flexibility index (Phi) is 5.63. The van der Waals surface area contributed by atoms with Crippen molar-refractivity contribution in [1.29, 1.82) is 0 Å². The zero-order valence-electron chi connectivity index (χ0n) is 24.5. The van der Waals surface area contributed by atoms with Gasteiger partial charge in [-0.2, -0.15) is 0 Å². The summed E-state index contributed by atoms with van der Waals surface area (Å²) >= 11 is 0. The van der Waals surface area contributed by atoms with Crippen LogP contribution in [0.25, 0.3) is 0 Å². The summed E-state index contributed by atoms with van der Waals surface area (Å²) in [6.07, 6.45) is 13.2. The second-order valence-electron chi connectivity index (χ2n) is 15.9. The van der Waals surface area contributed by atoms with Gasteiger partial charge in [-0.05, 0) is 122 Å². The first kappa shape index (κ1) is 25.8. The second-order valence-corrected chi connectivity index (χ2v) is 15.9. The molecule has 0 N–H and O–H groups in total. The highest BCUT2D eigenvalue weighted by molar-refractivity contribution is 5.66. The maximum Gasteiger partial charge on any atom is 0.302 e. The first-order valence-electron chi connectivity index (χ1n) is 14.9. The third kappa shape index (κ3) is 3.10. The van der Waals surface area contributed by atoms with Crippen molar-refractivity contribution in [2.75, 3.05) is 0 Å². The fourth-order valence-corrected chi connectivity index (χ4v) is 12.5. The van der Waals surface area contributed by atoms with E-state index in [2.05, 4.69) is 62.0 Å². The summed E-state index contributed by atoms with van der Waals surface area (Å²) in [4.78, 5) is 11.9. The van der Waals surface area contributed by atoms with Gasteiger partial charge in [0.05, 0.1) is 0 Å². The third-order valence-corrected chi connectivity index (χ3v) is 14.5. The van der Waals surface area contributed by atoms with Crippen molar-refractivity contribution in [3.63, 3.8) is 0 Å². The van der Waals surface area contributed by atoms with E-state index in [0.717, 1.165) is 18.3 Å². The van der Waals surface area contributed by atoms with E-state index in [1.54, 1.807) is 6.92 Å². The summed E-state index contributed by atoms with van der Waals surface area (Å²) in [7, 11) is 0. The Bertz CT molecular complexity index is 918. The molecule has 0 bridgehead atoms. The number of carbonyl (C=O) groups excluding carboxylic acids is 1. The van der Waals surface area contributed by atoms with E-state index < -0.39 is 0 Å². The standard InChI is InChI=1S/C33H54O2/c1-21(2)23-11-15-29(6)19-20-33(10)31(8)17-12-24-28(4,5)26(35-22(3)34)14-16-30(24,7)25(31)13-18-32(33,9)27(23)29/h23-27H,1,11-20H2,2-10H3/t23-,24-,25+,26-,27-,29+,30-,31+,32+,33-/m0/s1. The van der Waals surface area contributed by atoms with Crippen molar-refractivity contribution >= 4 is 5.97 Å². The number of rotatable bonds is 2. The highest BCUT2D eigenvalue weighted by atomic mass is 16.5. The molecule has 2 heteroatoms. The molecule has 0 heterocycles. The van der Waals surface area contributed by atoms with Crippen LogP contribution in [0.1, 0.15) is 127 Å². The topological polar surface area (TPSA) is 26.3 Å². The smallest absolute Gasteiger partial charge is 0.302 e. The lowest BCUT2D eigenvalue weighted by atomic mass is 9.29. The van der Waals surface area contributed by atoms with Gasteiger partial charge in [-0.15, -0.1) is 0 Å². The Balaban J connectivity index is 1.54. The molecule has 2 nitrogen and oxygen atoms in total.